The molecule has 0 aliphatic carbocycles. The van der Waals surface area contributed by atoms with Crippen molar-refractivity contribution in [3.05, 3.63) is 35.9 Å². The number of hydrogen-bond acceptors (Lipinski definition) is 3. The highest BCUT2D eigenvalue weighted by atomic mass is 32.2. The number of hydrogen-bond donors (Lipinski definition) is 1. The van der Waals surface area contributed by atoms with Crippen LogP contribution in [0.15, 0.2) is 30.3 Å². The predicted octanol–water partition coefficient (Wildman–Crippen LogP) is 1.59. The molecule has 5 nitrogen and oxygen atoms in total. The van der Waals surface area contributed by atoms with E-state index in [9.17, 15) is 13.2 Å². The van der Waals surface area contributed by atoms with Gasteiger partial charge in [-0.05, 0) is 31.2 Å². The van der Waals surface area contributed by atoms with Crippen LogP contribution in [-0.4, -0.2) is 49.5 Å². The summed E-state index contributed by atoms with van der Waals surface area (Å²) in [5.74, 6) is 0.265. The van der Waals surface area contributed by atoms with Gasteiger partial charge in [-0.25, -0.2) is 13.2 Å². The highest BCUT2D eigenvalue weighted by molar-refractivity contribution is 7.91. The van der Waals surface area contributed by atoms with Gasteiger partial charge in [-0.15, -0.1) is 0 Å². The molecule has 2 aliphatic rings. The molecule has 1 N–H and O–H groups in total. The quantitative estimate of drug-likeness (QED) is 0.919. The third-order valence-corrected chi connectivity index (χ3v) is 6.28. The third-order valence-electron chi connectivity index (χ3n) is 4.51. The Morgan fingerprint density at radius 1 is 1.23 bits per heavy atom. The van der Waals surface area contributed by atoms with E-state index in [1.165, 1.54) is 5.56 Å². The summed E-state index contributed by atoms with van der Waals surface area (Å²) in [4.78, 5) is 14.3. The highest BCUT2D eigenvalue weighted by Crippen LogP contribution is 2.22. The van der Waals surface area contributed by atoms with Crippen molar-refractivity contribution in [3.63, 3.8) is 0 Å². The summed E-state index contributed by atoms with van der Waals surface area (Å²) in [6.45, 7) is 0.753. The Morgan fingerprint density at radius 3 is 2.68 bits per heavy atom. The van der Waals surface area contributed by atoms with Crippen LogP contribution in [0.5, 0.6) is 0 Å². The minimum Gasteiger partial charge on any atom is -0.334 e. The van der Waals surface area contributed by atoms with Crippen molar-refractivity contribution in [2.45, 2.75) is 37.8 Å². The molecule has 2 amide bonds. The molecule has 2 aliphatic heterocycles. The van der Waals surface area contributed by atoms with Crippen molar-refractivity contribution in [3.8, 4) is 0 Å². The SMILES string of the molecule is O=C(N[C@@H]1CCS(=O)(=O)C1)N1CCC[C@H]1Cc1ccccc1. The summed E-state index contributed by atoms with van der Waals surface area (Å²) in [7, 11) is -2.96. The molecule has 0 saturated carbocycles. The second kappa shape index (κ2) is 6.28. The van der Waals surface area contributed by atoms with Gasteiger partial charge < -0.3 is 10.2 Å². The Hall–Kier alpha value is -1.56. The first kappa shape index (κ1) is 15.3. The second-order valence-electron chi connectivity index (χ2n) is 6.23. The van der Waals surface area contributed by atoms with Crippen LogP contribution in [0.4, 0.5) is 4.79 Å². The molecule has 0 unspecified atom stereocenters. The lowest BCUT2D eigenvalue weighted by molar-refractivity contribution is 0.189. The molecule has 1 aromatic rings. The highest BCUT2D eigenvalue weighted by Gasteiger charge is 2.33. The van der Waals surface area contributed by atoms with Crippen molar-refractivity contribution >= 4 is 15.9 Å². The fourth-order valence-electron chi connectivity index (χ4n) is 3.37. The van der Waals surface area contributed by atoms with Crippen LogP contribution >= 0.6 is 0 Å². The fourth-order valence-corrected chi connectivity index (χ4v) is 5.04. The van der Waals surface area contributed by atoms with Crippen LogP contribution in [0.1, 0.15) is 24.8 Å². The fraction of sp³-hybridized carbons (Fsp3) is 0.562. The van der Waals surface area contributed by atoms with E-state index in [2.05, 4.69) is 17.4 Å². The first-order valence-electron chi connectivity index (χ1n) is 7.85. The molecule has 0 aromatic heterocycles. The number of nitrogens with zero attached hydrogens (tertiary/aromatic N) is 1. The lowest BCUT2D eigenvalue weighted by Crippen LogP contribution is -2.47. The number of benzene rings is 1. The van der Waals surface area contributed by atoms with Gasteiger partial charge in [0.1, 0.15) is 0 Å². The summed E-state index contributed by atoms with van der Waals surface area (Å²) >= 11 is 0. The molecule has 22 heavy (non-hydrogen) atoms. The molecular formula is C16H22N2O3S. The smallest absolute Gasteiger partial charge is 0.317 e. The predicted molar refractivity (Wildman–Crippen MR) is 85.5 cm³/mol. The van der Waals surface area contributed by atoms with Gasteiger partial charge in [-0.2, -0.15) is 0 Å². The van der Waals surface area contributed by atoms with Gasteiger partial charge >= 0.3 is 6.03 Å². The average molecular weight is 322 g/mol. The molecule has 0 radical (unpaired) electrons. The number of rotatable bonds is 3. The van der Waals surface area contributed by atoms with Gasteiger partial charge in [0.2, 0.25) is 0 Å². The molecule has 2 fully saturated rings. The average Bonchev–Trinajstić information content (AvgIpc) is 3.06. The van der Waals surface area contributed by atoms with Crippen LogP contribution in [0.25, 0.3) is 0 Å². The second-order valence-corrected chi connectivity index (χ2v) is 8.46. The van der Waals surface area contributed by atoms with Crippen LogP contribution in [0.3, 0.4) is 0 Å². The minimum atomic E-state index is -2.96. The number of nitrogens with one attached hydrogen (secondary N) is 1. The molecule has 1 aromatic carbocycles. The Bertz CT molecular complexity index is 630. The Kier molecular flexibility index (Phi) is 4.38. The van der Waals surface area contributed by atoms with E-state index in [0.717, 1.165) is 25.8 Å². The van der Waals surface area contributed by atoms with Crippen LogP contribution in [0, 0.1) is 0 Å². The monoisotopic (exact) mass is 322 g/mol. The molecule has 0 spiro atoms. The molecule has 2 heterocycles. The molecule has 2 atom stereocenters. The van der Waals surface area contributed by atoms with E-state index < -0.39 is 9.84 Å². The summed E-state index contributed by atoms with van der Waals surface area (Å²) in [5, 5.41) is 2.90. The van der Waals surface area contributed by atoms with Gasteiger partial charge in [0.15, 0.2) is 9.84 Å². The van der Waals surface area contributed by atoms with E-state index >= 15 is 0 Å². The van der Waals surface area contributed by atoms with Crippen molar-refractivity contribution in [2.24, 2.45) is 0 Å². The summed E-state index contributed by atoms with van der Waals surface area (Å²) in [6.07, 6.45) is 3.40. The zero-order chi connectivity index (χ0) is 15.6. The van der Waals surface area contributed by atoms with E-state index in [-0.39, 0.29) is 29.6 Å². The van der Waals surface area contributed by atoms with Crippen molar-refractivity contribution < 1.29 is 13.2 Å². The maximum absolute atomic E-state index is 12.4. The van der Waals surface area contributed by atoms with E-state index in [1.807, 2.05) is 23.1 Å². The van der Waals surface area contributed by atoms with Crippen LogP contribution in [-0.2, 0) is 16.3 Å². The normalized spacial score (nSPS) is 27.0. The molecule has 120 valence electrons. The standard InChI is InChI=1S/C16H22N2O3S/c19-16(17-14-8-10-22(20,21)12-14)18-9-4-7-15(18)11-13-5-2-1-3-6-13/h1-3,5-6,14-15H,4,7-12H2,(H,17,19)/t14-,15+/m1/s1. The Balaban J connectivity index is 1.59. The van der Waals surface area contributed by atoms with Gasteiger partial charge in [0.25, 0.3) is 0 Å². The summed E-state index contributed by atoms with van der Waals surface area (Å²) in [5.41, 5.74) is 1.23. The van der Waals surface area contributed by atoms with Crippen molar-refractivity contribution in [1.82, 2.24) is 10.2 Å². The summed E-state index contributed by atoms with van der Waals surface area (Å²) < 4.78 is 23.0. The topological polar surface area (TPSA) is 66.5 Å². The van der Waals surface area contributed by atoms with Crippen LogP contribution < -0.4 is 5.32 Å². The first-order chi connectivity index (χ1) is 10.5. The molecule has 6 heteroatoms. The van der Waals surface area contributed by atoms with Gasteiger partial charge in [0, 0.05) is 18.6 Å². The number of carbonyl (C=O) groups is 1. The van der Waals surface area contributed by atoms with E-state index in [4.69, 9.17) is 0 Å². The number of likely N-dealkylation sites (tertiary alicyclic amines) is 1. The minimum absolute atomic E-state index is 0.0793. The zero-order valence-corrected chi connectivity index (χ0v) is 13.4. The molecule has 2 saturated heterocycles. The molecule has 3 rings (SSSR count). The lowest BCUT2D eigenvalue weighted by atomic mass is 10.0. The van der Waals surface area contributed by atoms with Gasteiger partial charge in [0.05, 0.1) is 11.5 Å². The Labute approximate surface area is 131 Å². The molecule has 0 bridgehead atoms. The number of sulfone groups is 1. The maximum Gasteiger partial charge on any atom is 0.317 e. The first-order valence-corrected chi connectivity index (χ1v) is 9.67. The van der Waals surface area contributed by atoms with Crippen molar-refractivity contribution in [2.75, 3.05) is 18.1 Å². The Morgan fingerprint density at radius 2 is 2.00 bits per heavy atom. The zero-order valence-electron chi connectivity index (χ0n) is 12.6. The number of urea groups is 1. The number of carbonyl (C=O) groups excluding carboxylic acids is 1. The largest absolute Gasteiger partial charge is 0.334 e. The molecular weight excluding hydrogens is 300 g/mol. The van der Waals surface area contributed by atoms with Gasteiger partial charge in [-0.3, -0.25) is 0 Å². The number of amides is 2. The third kappa shape index (κ3) is 3.61. The summed E-state index contributed by atoms with van der Waals surface area (Å²) in [6, 6.07) is 10.0. The van der Waals surface area contributed by atoms with Crippen LogP contribution in [0.2, 0.25) is 0 Å². The van der Waals surface area contributed by atoms with E-state index in [1.54, 1.807) is 0 Å². The maximum atomic E-state index is 12.4. The van der Waals surface area contributed by atoms with Gasteiger partial charge in [-0.1, -0.05) is 30.3 Å². The van der Waals surface area contributed by atoms with E-state index in [0.29, 0.717) is 6.42 Å². The lowest BCUT2D eigenvalue weighted by Gasteiger charge is -2.26. The van der Waals surface area contributed by atoms with Crippen molar-refractivity contribution in [1.29, 1.82) is 0 Å².